The summed E-state index contributed by atoms with van der Waals surface area (Å²) in [6.07, 6.45) is 0. The molecule has 90 valence electrons. The highest BCUT2D eigenvalue weighted by Crippen LogP contribution is 2.14. The molecular weight excluding hydrogens is 230 g/mol. The van der Waals surface area contributed by atoms with E-state index in [-0.39, 0.29) is 9.43 Å². The van der Waals surface area contributed by atoms with Gasteiger partial charge in [0.05, 0.1) is 6.04 Å². The summed E-state index contributed by atoms with van der Waals surface area (Å²) < 4.78 is 46.8. The second kappa shape index (κ2) is 4.73. The summed E-state index contributed by atoms with van der Waals surface area (Å²) in [7, 11) is -5.24. The summed E-state index contributed by atoms with van der Waals surface area (Å²) >= 11 is 0. The molecule has 0 spiro atoms. The van der Waals surface area contributed by atoms with Gasteiger partial charge in [0.25, 0.3) is 0 Å². The second-order valence-electron chi connectivity index (χ2n) is 3.52. The van der Waals surface area contributed by atoms with Crippen molar-refractivity contribution in [3.8, 4) is 0 Å². The van der Waals surface area contributed by atoms with Gasteiger partial charge in [-0.05, 0) is 27.7 Å². The Hall–Kier alpha value is -0.920. The lowest BCUT2D eigenvalue weighted by Gasteiger charge is -2.26. The molecule has 5 nitrogen and oxygen atoms in total. The molecule has 0 saturated heterocycles. The van der Waals surface area contributed by atoms with Crippen LogP contribution in [0.5, 0.6) is 0 Å². The molecule has 0 aromatic rings. The first-order valence-electron chi connectivity index (χ1n) is 4.32. The second-order valence-corrected chi connectivity index (χ2v) is 4.74. The summed E-state index contributed by atoms with van der Waals surface area (Å²) in [5.74, 6) is 0. The molecule has 0 saturated carbocycles. The summed E-state index contributed by atoms with van der Waals surface area (Å²) in [5, 5.41) is -0.336. The summed E-state index contributed by atoms with van der Waals surface area (Å²) in [5.41, 5.74) is 0. The zero-order valence-corrected chi connectivity index (χ0v) is 9.75. The Morgan fingerprint density at radius 1 is 1.13 bits per heavy atom. The molecule has 0 aliphatic rings. The van der Waals surface area contributed by atoms with Crippen LogP contribution < -0.4 is 0 Å². The third kappa shape index (κ3) is 3.61. The van der Waals surface area contributed by atoms with Gasteiger partial charge in [0.1, 0.15) is 0 Å². The highest BCUT2D eigenvalue weighted by Gasteiger charge is 2.34. The van der Waals surface area contributed by atoms with Crippen molar-refractivity contribution in [2.45, 2.75) is 39.8 Å². The van der Waals surface area contributed by atoms with E-state index in [1.54, 1.807) is 0 Å². The number of rotatable bonds is 3. The quantitative estimate of drug-likeness (QED) is 0.560. The molecule has 0 bridgehead atoms. The Kier molecular flexibility index (Phi) is 4.44. The molecule has 0 fully saturated rings. The fraction of sp³-hybridized carbons (Fsp3) is 0.857. The number of urea groups is 1. The SMILES string of the molecule is CC(C)N(F)C(=O)N(C(C)C)S(=O)(=O)F. The van der Waals surface area contributed by atoms with E-state index in [0.29, 0.717) is 0 Å². The minimum atomic E-state index is -5.24. The molecule has 0 unspecified atom stereocenters. The largest absolute Gasteiger partial charge is 0.403 e. The van der Waals surface area contributed by atoms with Crippen LogP contribution in [0.3, 0.4) is 0 Å². The minimum absolute atomic E-state index is 0.146. The van der Waals surface area contributed by atoms with Crippen LogP contribution in [0.2, 0.25) is 0 Å². The lowest BCUT2D eigenvalue weighted by molar-refractivity contribution is 0.0234. The van der Waals surface area contributed by atoms with E-state index in [9.17, 15) is 21.6 Å². The number of carbonyl (C=O) groups is 1. The number of hydrogen-bond acceptors (Lipinski definition) is 3. The number of nitrogens with zero attached hydrogens (tertiary/aromatic N) is 2. The van der Waals surface area contributed by atoms with E-state index in [4.69, 9.17) is 0 Å². The normalized spacial score (nSPS) is 12.0. The first-order chi connectivity index (χ1) is 6.59. The maximum absolute atomic E-state index is 13.1. The van der Waals surface area contributed by atoms with Crippen LogP contribution in [-0.2, 0) is 10.4 Å². The molecule has 0 N–H and O–H groups in total. The van der Waals surface area contributed by atoms with E-state index in [0.717, 1.165) is 0 Å². The topological polar surface area (TPSA) is 57.7 Å². The van der Waals surface area contributed by atoms with Crippen LogP contribution in [0.25, 0.3) is 0 Å². The number of carbonyl (C=O) groups excluding carboxylic acids is 1. The van der Waals surface area contributed by atoms with Gasteiger partial charge in [0, 0.05) is 6.04 Å². The molecular formula is C7H14F2N2O3S. The molecule has 15 heavy (non-hydrogen) atoms. The number of hydrogen-bond donors (Lipinski definition) is 0. The molecule has 0 rings (SSSR count). The lowest BCUT2D eigenvalue weighted by atomic mass is 10.4. The fourth-order valence-electron chi connectivity index (χ4n) is 0.881. The van der Waals surface area contributed by atoms with E-state index in [1.807, 2.05) is 0 Å². The molecule has 0 radical (unpaired) electrons. The van der Waals surface area contributed by atoms with E-state index in [2.05, 4.69) is 0 Å². The molecule has 0 heterocycles. The zero-order valence-electron chi connectivity index (χ0n) is 8.94. The Bertz CT molecular complexity index is 329. The van der Waals surface area contributed by atoms with Crippen molar-refractivity contribution in [1.29, 1.82) is 0 Å². The van der Waals surface area contributed by atoms with Gasteiger partial charge in [-0.2, -0.15) is 17.8 Å². The van der Waals surface area contributed by atoms with Gasteiger partial charge in [0.15, 0.2) is 0 Å². The van der Waals surface area contributed by atoms with Crippen molar-refractivity contribution in [3.63, 3.8) is 0 Å². The molecule has 0 atom stereocenters. The Labute approximate surface area is 87.9 Å². The van der Waals surface area contributed by atoms with Crippen molar-refractivity contribution in [2.24, 2.45) is 0 Å². The first kappa shape index (κ1) is 14.1. The monoisotopic (exact) mass is 244 g/mol. The van der Waals surface area contributed by atoms with Crippen molar-refractivity contribution < 1.29 is 21.6 Å². The van der Waals surface area contributed by atoms with E-state index in [1.165, 1.54) is 27.7 Å². The highest BCUT2D eigenvalue weighted by molar-refractivity contribution is 7.84. The molecule has 0 aromatic heterocycles. The van der Waals surface area contributed by atoms with Crippen LogP contribution in [0.1, 0.15) is 27.7 Å². The molecule has 8 heteroatoms. The smallest absolute Gasteiger partial charge is 0.245 e. The van der Waals surface area contributed by atoms with Gasteiger partial charge in [-0.1, -0.05) is 8.37 Å². The van der Waals surface area contributed by atoms with Crippen LogP contribution in [0.15, 0.2) is 0 Å². The van der Waals surface area contributed by atoms with Crippen LogP contribution in [0.4, 0.5) is 13.2 Å². The first-order valence-corrected chi connectivity index (χ1v) is 5.66. The fourth-order valence-corrected chi connectivity index (χ4v) is 1.65. The van der Waals surface area contributed by atoms with Crippen molar-refractivity contribution in [3.05, 3.63) is 0 Å². The van der Waals surface area contributed by atoms with Gasteiger partial charge >= 0.3 is 16.4 Å². The summed E-state index contributed by atoms with van der Waals surface area (Å²) in [6, 6.07) is -3.37. The maximum Gasteiger partial charge on any atom is 0.403 e. The average Bonchev–Trinajstić information content (AvgIpc) is 1.98. The predicted molar refractivity (Wildman–Crippen MR) is 50.5 cm³/mol. The number of halogens is 2. The molecule has 2 amide bonds. The predicted octanol–water partition coefficient (Wildman–Crippen LogP) is 1.63. The maximum atomic E-state index is 13.1. The zero-order chi connectivity index (χ0) is 12.4. The Morgan fingerprint density at radius 3 is 1.73 bits per heavy atom. The van der Waals surface area contributed by atoms with Crippen LogP contribution in [0, 0.1) is 0 Å². The summed E-state index contributed by atoms with van der Waals surface area (Å²) in [4.78, 5) is 11.2. The van der Waals surface area contributed by atoms with Gasteiger partial charge in [-0.25, -0.2) is 4.79 Å². The molecule has 0 aromatic carbocycles. The Balaban J connectivity index is 5.06. The van der Waals surface area contributed by atoms with Crippen molar-refractivity contribution >= 4 is 16.4 Å². The van der Waals surface area contributed by atoms with Crippen molar-refractivity contribution in [1.82, 2.24) is 9.43 Å². The van der Waals surface area contributed by atoms with Gasteiger partial charge < -0.3 is 0 Å². The van der Waals surface area contributed by atoms with Gasteiger partial charge in [0.2, 0.25) is 0 Å². The summed E-state index contributed by atoms with van der Waals surface area (Å²) in [6.45, 7) is 5.20. The standard InChI is InChI=1S/C7H14F2N2O3S/c1-5(2)10(8)7(12)11(6(3)4)15(9,13)14/h5-6H,1-4H3. The lowest BCUT2D eigenvalue weighted by Crippen LogP contribution is -2.47. The van der Waals surface area contributed by atoms with Gasteiger partial charge in [-0.3, -0.25) is 0 Å². The highest BCUT2D eigenvalue weighted by atomic mass is 32.3. The van der Waals surface area contributed by atoms with Crippen LogP contribution >= 0.6 is 0 Å². The third-order valence-electron chi connectivity index (χ3n) is 1.53. The van der Waals surface area contributed by atoms with Crippen LogP contribution in [-0.4, -0.2) is 36.0 Å². The Morgan fingerprint density at radius 2 is 1.53 bits per heavy atom. The van der Waals surface area contributed by atoms with E-state index < -0.39 is 28.5 Å². The van der Waals surface area contributed by atoms with Gasteiger partial charge in [-0.15, -0.1) is 0 Å². The average molecular weight is 244 g/mol. The third-order valence-corrected chi connectivity index (χ3v) is 2.58. The number of amides is 2. The minimum Gasteiger partial charge on any atom is -0.245 e. The molecule has 0 aliphatic heterocycles. The van der Waals surface area contributed by atoms with Crippen molar-refractivity contribution in [2.75, 3.05) is 0 Å². The van der Waals surface area contributed by atoms with E-state index >= 15 is 0 Å². The molecule has 0 aliphatic carbocycles.